The monoisotopic (exact) mass is 534 g/mol. The molecule has 8 heteroatoms. The van der Waals surface area contributed by atoms with Crippen LogP contribution in [0, 0.1) is 0 Å². The van der Waals surface area contributed by atoms with E-state index in [1.807, 2.05) is 35.7 Å². The second-order valence-electron chi connectivity index (χ2n) is 8.79. The molecule has 0 bridgehead atoms. The molecule has 0 amide bonds. The molecule has 0 saturated heterocycles. The van der Waals surface area contributed by atoms with Crippen LogP contribution in [0.1, 0.15) is 45.7 Å². The number of carbonyl (C=O) groups is 2. The van der Waals surface area contributed by atoms with Gasteiger partial charge in [0.25, 0.3) is 0 Å². The van der Waals surface area contributed by atoms with Crippen molar-refractivity contribution in [1.82, 2.24) is 0 Å². The van der Waals surface area contributed by atoms with Crippen molar-refractivity contribution in [3.63, 3.8) is 0 Å². The first-order chi connectivity index (χ1) is 17.9. The molecule has 6 nitrogen and oxygen atoms in total. The van der Waals surface area contributed by atoms with Gasteiger partial charge in [-0.05, 0) is 72.5 Å². The number of Topliss-reactive ketones (excluding diaryl/α,β-unsaturated/α-hetero) is 2. The highest BCUT2D eigenvalue weighted by atomic mass is 32.1. The third-order valence-corrected chi connectivity index (χ3v) is 8.40. The van der Waals surface area contributed by atoms with Crippen molar-refractivity contribution in [2.24, 2.45) is 0 Å². The first kappa shape index (κ1) is 25.0. The van der Waals surface area contributed by atoms with E-state index >= 15 is 0 Å². The third-order valence-electron chi connectivity index (χ3n) is 6.38. The van der Waals surface area contributed by atoms with Crippen LogP contribution >= 0.6 is 22.7 Å². The Balaban J connectivity index is 0.000000152. The van der Waals surface area contributed by atoms with E-state index in [9.17, 15) is 14.7 Å². The van der Waals surface area contributed by atoms with E-state index in [4.69, 9.17) is 14.2 Å². The lowest BCUT2D eigenvalue weighted by Crippen LogP contribution is -1.94. The van der Waals surface area contributed by atoms with Crippen LogP contribution in [0.25, 0.3) is 20.9 Å². The molecule has 37 heavy (non-hydrogen) atoms. The lowest BCUT2D eigenvalue weighted by molar-refractivity contribution is 0.100. The highest BCUT2D eigenvalue weighted by molar-refractivity contribution is 7.14. The molecule has 2 aromatic heterocycles. The van der Waals surface area contributed by atoms with Crippen LogP contribution in [-0.4, -0.2) is 37.0 Å². The summed E-state index contributed by atoms with van der Waals surface area (Å²) in [7, 11) is 1.61. The van der Waals surface area contributed by atoms with Crippen molar-refractivity contribution in [2.75, 3.05) is 20.3 Å². The minimum Gasteiger partial charge on any atom is -0.506 e. The maximum atomic E-state index is 11.6. The number of methoxy groups -OCH3 is 1. The molecule has 1 N–H and O–H groups in total. The Bertz CT molecular complexity index is 1500. The Morgan fingerprint density at radius 2 is 1.32 bits per heavy atom. The Kier molecular flexibility index (Phi) is 7.04. The Labute approximate surface area is 223 Å². The molecule has 0 unspecified atom stereocenters. The molecule has 0 spiro atoms. The van der Waals surface area contributed by atoms with E-state index in [1.165, 1.54) is 23.8 Å². The van der Waals surface area contributed by atoms with Gasteiger partial charge in [-0.3, -0.25) is 9.59 Å². The van der Waals surface area contributed by atoms with Gasteiger partial charge in [-0.1, -0.05) is 0 Å². The summed E-state index contributed by atoms with van der Waals surface area (Å²) >= 11 is 2.93. The molecular formula is C29H26O6S2. The van der Waals surface area contributed by atoms with Crippen LogP contribution in [0.3, 0.4) is 0 Å². The largest absolute Gasteiger partial charge is 0.506 e. The molecule has 0 fully saturated rings. The zero-order valence-corrected chi connectivity index (χ0v) is 22.4. The van der Waals surface area contributed by atoms with E-state index in [-0.39, 0.29) is 17.3 Å². The summed E-state index contributed by atoms with van der Waals surface area (Å²) in [6.07, 6.45) is 1.84. The van der Waals surface area contributed by atoms with Crippen molar-refractivity contribution in [3.05, 3.63) is 69.4 Å². The van der Waals surface area contributed by atoms with Gasteiger partial charge < -0.3 is 19.3 Å². The number of thiophene rings is 2. The van der Waals surface area contributed by atoms with Crippen molar-refractivity contribution in [2.45, 2.75) is 26.7 Å². The molecule has 0 saturated carbocycles. The second kappa shape index (κ2) is 10.4. The molecule has 0 radical (unpaired) electrons. The van der Waals surface area contributed by atoms with Gasteiger partial charge in [-0.25, -0.2) is 0 Å². The summed E-state index contributed by atoms with van der Waals surface area (Å²) in [6.45, 7) is 4.49. The number of fused-ring (bicyclic) bond motifs is 2. The molecule has 2 aliphatic heterocycles. The molecule has 4 heterocycles. The fourth-order valence-corrected chi connectivity index (χ4v) is 6.52. The molecule has 2 aliphatic rings. The Morgan fingerprint density at radius 1 is 0.811 bits per heavy atom. The Morgan fingerprint density at radius 3 is 1.84 bits per heavy atom. The SMILES string of the molecule is CC(=O)c1csc(-c2ccc3c(c2)CCO3)c1O.COc1c(C(C)=O)csc1-c1ccc2c(c1)CCO2. The van der Waals surface area contributed by atoms with Crippen LogP contribution in [0.15, 0.2) is 47.2 Å². The van der Waals surface area contributed by atoms with E-state index in [0.29, 0.717) is 23.5 Å². The number of benzene rings is 2. The summed E-state index contributed by atoms with van der Waals surface area (Å²) in [5.41, 5.74) is 5.45. The van der Waals surface area contributed by atoms with E-state index in [0.717, 1.165) is 57.4 Å². The van der Waals surface area contributed by atoms with Gasteiger partial charge in [0.05, 0.1) is 41.2 Å². The smallest absolute Gasteiger partial charge is 0.164 e. The van der Waals surface area contributed by atoms with Crippen molar-refractivity contribution in [1.29, 1.82) is 0 Å². The van der Waals surface area contributed by atoms with E-state index < -0.39 is 0 Å². The van der Waals surface area contributed by atoms with Gasteiger partial charge in [0, 0.05) is 23.6 Å². The van der Waals surface area contributed by atoms with Crippen molar-refractivity contribution >= 4 is 34.2 Å². The average molecular weight is 535 g/mol. The van der Waals surface area contributed by atoms with E-state index in [2.05, 4.69) is 6.07 Å². The summed E-state index contributed by atoms with van der Waals surface area (Å²) in [6, 6.07) is 12.0. The van der Waals surface area contributed by atoms with Crippen LogP contribution < -0.4 is 14.2 Å². The number of hydrogen-bond acceptors (Lipinski definition) is 8. The summed E-state index contributed by atoms with van der Waals surface area (Å²) in [4.78, 5) is 24.6. The van der Waals surface area contributed by atoms with Crippen LogP contribution in [-0.2, 0) is 12.8 Å². The predicted octanol–water partition coefficient (Wildman–Crippen LogP) is 6.82. The third kappa shape index (κ3) is 4.86. The maximum Gasteiger partial charge on any atom is 0.164 e. The summed E-state index contributed by atoms with van der Waals surface area (Å²) in [5.74, 6) is 2.57. The standard InChI is InChI=1S/C15H14O3S.C14H12O3S/c1-9(16)12-8-19-15(14(12)17-2)11-3-4-13-10(7-11)5-6-18-13;1-8(15)11-7-18-14(13(11)16)10-2-3-12-9(6-10)4-5-17-12/h3-4,7-8H,5-6H2,1-2H3;2-3,6-7,16H,4-5H2,1H3. The zero-order valence-electron chi connectivity index (χ0n) is 20.8. The number of rotatable bonds is 5. The van der Waals surface area contributed by atoms with Gasteiger partial charge in [0.1, 0.15) is 23.0 Å². The predicted molar refractivity (Wildman–Crippen MR) is 146 cm³/mol. The Hall–Kier alpha value is -3.62. The normalized spacial score (nSPS) is 13.1. The fraction of sp³-hybridized carbons (Fsp3) is 0.241. The number of ether oxygens (including phenoxy) is 3. The number of ketones is 2. The second-order valence-corrected chi connectivity index (χ2v) is 10.6. The number of hydrogen-bond donors (Lipinski definition) is 1. The van der Waals surface area contributed by atoms with Crippen molar-refractivity contribution < 1.29 is 28.9 Å². The highest BCUT2D eigenvalue weighted by Crippen LogP contribution is 2.42. The molecule has 190 valence electrons. The van der Waals surface area contributed by atoms with Gasteiger partial charge in [0.15, 0.2) is 11.6 Å². The quantitative estimate of drug-likeness (QED) is 0.283. The van der Waals surface area contributed by atoms with Crippen LogP contribution in [0.2, 0.25) is 0 Å². The minimum atomic E-state index is -0.112. The first-order valence-electron chi connectivity index (χ1n) is 11.9. The molecule has 0 aliphatic carbocycles. The van der Waals surface area contributed by atoms with Gasteiger partial charge in [-0.15, -0.1) is 22.7 Å². The number of carbonyl (C=O) groups excluding carboxylic acids is 2. The van der Waals surface area contributed by atoms with Crippen LogP contribution in [0.4, 0.5) is 0 Å². The van der Waals surface area contributed by atoms with Crippen LogP contribution in [0.5, 0.6) is 23.0 Å². The lowest BCUT2D eigenvalue weighted by atomic mass is 10.1. The minimum absolute atomic E-state index is 0.0313. The van der Waals surface area contributed by atoms with Crippen molar-refractivity contribution in [3.8, 4) is 43.9 Å². The maximum absolute atomic E-state index is 11.6. The zero-order chi connectivity index (χ0) is 26.1. The van der Waals surface area contributed by atoms with Gasteiger partial charge in [-0.2, -0.15) is 0 Å². The van der Waals surface area contributed by atoms with Gasteiger partial charge in [0.2, 0.25) is 0 Å². The summed E-state index contributed by atoms with van der Waals surface area (Å²) in [5, 5.41) is 13.6. The van der Waals surface area contributed by atoms with E-state index in [1.54, 1.807) is 30.8 Å². The lowest BCUT2D eigenvalue weighted by Gasteiger charge is -2.06. The summed E-state index contributed by atoms with van der Waals surface area (Å²) < 4.78 is 16.4. The highest BCUT2D eigenvalue weighted by Gasteiger charge is 2.20. The molecule has 6 rings (SSSR count). The average Bonchev–Trinajstić information content (AvgIpc) is 3.68. The molecular weight excluding hydrogens is 508 g/mol. The molecule has 0 atom stereocenters. The number of aromatic hydroxyl groups is 1. The molecule has 4 aromatic rings. The fourth-order valence-electron chi connectivity index (χ4n) is 4.45. The topological polar surface area (TPSA) is 82.1 Å². The first-order valence-corrected chi connectivity index (χ1v) is 13.6. The molecule has 2 aromatic carbocycles. The van der Waals surface area contributed by atoms with Gasteiger partial charge >= 0.3 is 0 Å².